The van der Waals surface area contributed by atoms with Crippen LogP contribution in [0.15, 0.2) is 0 Å². The zero-order chi connectivity index (χ0) is 9.28. The molecule has 1 unspecified atom stereocenters. The lowest BCUT2D eigenvalue weighted by molar-refractivity contribution is -0.123. The number of alkyl halides is 1. The Morgan fingerprint density at radius 3 is 2.09 bits per heavy atom. The predicted octanol–water partition coefficient (Wildman–Crippen LogP) is 0.479. The van der Waals surface area contributed by atoms with Gasteiger partial charge in [0.25, 0.3) is 5.91 Å². The summed E-state index contributed by atoms with van der Waals surface area (Å²) < 4.78 is 11.9. The highest BCUT2D eigenvalue weighted by atomic mass is 19.1. The second-order valence-corrected chi connectivity index (χ2v) is 1.55. The average molecular weight is 165 g/mol. The Balaban J connectivity index is 0. The molecule has 1 amide bonds. The molecule has 0 radical (unpaired) electrons. The van der Waals surface area contributed by atoms with Crippen LogP contribution in [0.5, 0.6) is 0 Å². The molecule has 1 rings (SSSR count). The zero-order valence-corrected chi connectivity index (χ0v) is 7.22. The molecule has 2 N–H and O–H groups in total. The number of halogens is 1. The van der Waals surface area contributed by atoms with Crippen LogP contribution >= 0.6 is 0 Å². The lowest BCUT2D eigenvalue weighted by Crippen LogP contribution is -2.19. The Morgan fingerprint density at radius 1 is 1.55 bits per heavy atom. The molecule has 0 saturated carbocycles. The van der Waals surface area contributed by atoms with Crippen LogP contribution in [0.1, 0.15) is 20.3 Å². The Labute approximate surface area is 66.6 Å². The third-order valence-electron chi connectivity index (χ3n) is 0.982. The van der Waals surface area contributed by atoms with Crippen molar-refractivity contribution in [1.82, 2.24) is 5.32 Å². The van der Waals surface area contributed by atoms with Gasteiger partial charge in [0.15, 0.2) is 6.17 Å². The molecule has 0 aromatic carbocycles. The van der Waals surface area contributed by atoms with Gasteiger partial charge in [-0.25, -0.2) is 4.39 Å². The molecule has 1 fully saturated rings. The van der Waals surface area contributed by atoms with Crippen LogP contribution in [0.2, 0.25) is 0 Å². The van der Waals surface area contributed by atoms with E-state index in [1.54, 1.807) is 0 Å². The topological polar surface area (TPSA) is 49.3 Å². The third-order valence-corrected chi connectivity index (χ3v) is 0.982. The van der Waals surface area contributed by atoms with Crippen LogP contribution in [0.3, 0.4) is 0 Å². The van der Waals surface area contributed by atoms with E-state index < -0.39 is 12.1 Å². The molecule has 1 aliphatic rings. The highest BCUT2D eigenvalue weighted by Gasteiger charge is 2.22. The lowest BCUT2D eigenvalue weighted by Gasteiger charge is -1.86. The molecular formula is C7H16FNO2. The number of aliphatic hydroxyl groups is 1. The molecule has 1 heterocycles. The molecule has 0 aromatic heterocycles. The van der Waals surface area contributed by atoms with Crippen LogP contribution in [0, 0.1) is 0 Å². The summed E-state index contributed by atoms with van der Waals surface area (Å²) in [5.74, 6) is -0.458. The summed E-state index contributed by atoms with van der Waals surface area (Å²) >= 11 is 0. The molecule has 4 heteroatoms. The maximum atomic E-state index is 11.9. The minimum absolute atomic E-state index is 0.346. The van der Waals surface area contributed by atoms with Gasteiger partial charge >= 0.3 is 0 Å². The largest absolute Gasteiger partial charge is 0.400 e. The first kappa shape index (κ1) is 13.0. The highest BCUT2D eigenvalue weighted by Crippen LogP contribution is 2.01. The Bertz CT molecular complexity index is 98.4. The summed E-state index contributed by atoms with van der Waals surface area (Å²) in [6, 6.07) is 0. The number of amides is 1. The van der Waals surface area contributed by atoms with Crippen LogP contribution < -0.4 is 5.32 Å². The SMILES string of the molecule is CC.CO.O=C1NCCC1F. The number of carbonyl (C=O) groups excluding carboxylic acids is 1. The van der Waals surface area contributed by atoms with Crippen LogP contribution in [-0.2, 0) is 4.79 Å². The Hall–Kier alpha value is -0.640. The van der Waals surface area contributed by atoms with Crippen molar-refractivity contribution in [3.8, 4) is 0 Å². The second-order valence-electron chi connectivity index (χ2n) is 1.55. The normalized spacial score (nSPS) is 20.5. The van der Waals surface area contributed by atoms with Gasteiger partial charge in [-0.2, -0.15) is 0 Å². The molecule has 3 nitrogen and oxygen atoms in total. The molecule has 1 atom stereocenters. The van der Waals surface area contributed by atoms with Gasteiger partial charge in [-0.15, -0.1) is 0 Å². The highest BCUT2D eigenvalue weighted by molar-refractivity contribution is 5.82. The number of nitrogens with one attached hydrogen (secondary N) is 1. The van der Waals surface area contributed by atoms with E-state index in [-0.39, 0.29) is 0 Å². The fourth-order valence-corrected chi connectivity index (χ4v) is 0.564. The Morgan fingerprint density at radius 2 is 2.00 bits per heavy atom. The molecule has 1 saturated heterocycles. The van der Waals surface area contributed by atoms with E-state index in [1.807, 2.05) is 13.8 Å². The van der Waals surface area contributed by atoms with Crippen molar-refractivity contribution in [1.29, 1.82) is 0 Å². The maximum Gasteiger partial charge on any atom is 0.254 e. The van der Waals surface area contributed by atoms with E-state index >= 15 is 0 Å². The van der Waals surface area contributed by atoms with Gasteiger partial charge in [0.05, 0.1) is 0 Å². The summed E-state index contributed by atoms with van der Waals surface area (Å²) in [6.07, 6.45) is -0.890. The van der Waals surface area contributed by atoms with Gasteiger partial charge in [-0.05, 0) is 0 Å². The number of aliphatic hydroxyl groups excluding tert-OH is 1. The molecule has 0 aliphatic carbocycles. The molecule has 0 aromatic rings. The van der Waals surface area contributed by atoms with Gasteiger partial charge in [-0.1, -0.05) is 13.8 Å². The van der Waals surface area contributed by atoms with Gasteiger partial charge in [-0.3, -0.25) is 4.79 Å². The summed E-state index contributed by atoms with van der Waals surface area (Å²) in [6.45, 7) is 4.50. The second kappa shape index (κ2) is 9.36. The fourth-order valence-electron chi connectivity index (χ4n) is 0.564. The molecule has 0 bridgehead atoms. The molecule has 0 spiro atoms. The van der Waals surface area contributed by atoms with Gasteiger partial charge in [0.1, 0.15) is 0 Å². The first-order valence-corrected chi connectivity index (χ1v) is 3.67. The lowest BCUT2D eigenvalue weighted by atomic mass is 10.3. The first-order chi connectivity index (χ1) is 5.30. The Kier molecular flexibility index (Phi) is 11.1. The first-order valence-electron chi connectivity index (χ1n) is 3.67. The summed E-state index contributed by atoms with van der Waals surface area (Å²) in [7, 11) is 1.00. The zero-order valence-electron chi connectivity index (χ0n) is 7.22. The summed E-state index contributed by atoms with van der Waals surface area (Å²) in [4.78, 5) is 10.1. The van der Waals surface area contributed by atoms with Gasteiger partial charge in [0.2, 0.25) is 0 Å². The van der Waals surface area contributed by atoms with E-state index in [9.17, 15) is 9.18 Å². The van der Waals surface area contributed by atoms with Crippen LogP contribution in [0.4, 0.5) is 4.39 Å². The number of carbonyl (C=O) groups is 1. The monoisotopic (exact) mass is 165 g/mol. The average Bonchev–Trinajstić information content (AvgIpc) is 2.44. The molecule has 68 valence electrons. The standard InChI is InChI=1S/C4H6FNO.C2H6.CH4O/c5-3-1-2-6-4(3)7;2*1-2/h3H,1-2H2,(H,6,7);1-2H3;2H,1H3. The minimum atomic E-state index is -1.24. The fraction of sp³-hybridized carbons (Fsp3) is 0.857. The van der Waals surface area contributed by atoms with Crippen molar-refractivity contribution in [2.45, 2.75) is 26.4 Å². The van der Waals surface area contributed by atoms with Crippen molar-refractivity contribution < 1.29 is 14.3 Å². The molecular weight excluding hydrogens is 149 g/mol. The van der Waals surface area contributed by atoms with Gasteiger partial charge in [0, 0.05) is 20.1 Å². The van der Waals surface area contributed by atoms with Crippen molar-refractivity contribution in [3.05, 3.63) is 0 Å². The molecule has 1 aliphatic heterocycles. The number of rotatable bonds is 0. The van der Waals surface area contributed by atoms with Crippen LogP contribution in [-0.4, -0.2) is 30.8 Å². The van der Waals surface area contributed by atoms with E-state index in [0.29, 0.717) is 13.0 Å². The van der Waals surface area contributed by atoms with Crippen molar-refractivity contribution in [2.24, 2.45) is 0 Å². The quantitative estimate of drug-likeness (QED) is 0.548. The number of hydrogen-bond acceptors (Lipinski definition) is 2. The minimum Gasteiger partial charge on any atom is -0.400 e. The van der Waals surface area contributed by atoms with Gasteiger partial charge < -0.3 is 10.4 Å². The van der Waals surface area contributed by atoms with Crippen molar-refractivity contribution in [2.75, 3.05) is 13.7 Å². The van der Waals surface area contributed by atoms with Crippen molar-refractivity contribution >= 4 is 5.91 Å². The third kappa shape index (κ3) is 5.79. The smallest absolute Gasteiger partial charge is 0.254 e. The molecule has 11 heavy (non-hydrogen) atoms. The van der Waals surface area contributed by atoms with E-state index in [4.69, 9.17) is 5.11 Å². The summed E-state index contributed by atoms with van der Waals surface area (Å²) in [5.41, 5.74) is 0. The maximum absolute atomic E-state index is 11.9. The van der Waals surface area contributed by atoms with E-state index in [2.05, 4.69) is 5.32 Å². The van der Waals surface area contributed by atoms with Crippen molar-refractivity contribution in [3.63, 3.8) is 0 Å². The van der Waals surface area contributed by atoms with E-state index in [1.165, 1.54) is 0 Å². The van der Waals surface area contributed by atoms with Crippen LogP contribution in [0.25, 0.3) is 0 Å². The summed E-state index contributed by atoms with van der Waals surface area (Å²) in [5, 5.41) is 9.36. The number of hydrogen-bond donors (Lipinski definition) is 2. The van der Waals surface area contributed by atoms with E-state index in [0.717, 1.165) is 7.11 Å². The predicted molar refractivity (Wildman–Crippen MR) is 42.0 cm³/mol.